The van der Waals surface area contributed by atoms with E-state index in [0.717, 1.165) is 20.9 Å². The maximum Gasteiger partial charge on any atom is 0.267 e. The van der Waals surface area contributed by atoms with Crippen molar-refractivity contribution in [1.82, 2.24) is 19.5 Å². The van der Waals surface area contributed by atoms with Crippen LogP contribution in [-0.4, -0.2) is 19.5 Å². The summed E-state index contributed by atoms with van der Waals surface area (Å²) in [4.78, 5) is 41.0. The second-order valence-corrected chi connectivity index (χ2v) is 8.46. The van der Waals surface area contributed by atoms with E-state index in [1.807, 2.05) is 48.5 Å². The third kappa shape index (κ3) is 2.96. The minimum Gasteiger partial charge on any atom is -0.456 e. The summed E-state index contributed by atoms with van der Waals surface area (Å²) in [5.74, 6) is 0.216. The number of hydrogen-bond donors (Lipinski definition) is 0. The minimum atomic E-state index is -0.487. The van der Waals surface area contributed by atoms with Gasteiger partial charge in [0, 0.05) is 34.7 Å². The lowest BCUT2D eigenvalue weighted by molar-refractivity contribution is 0.669. The highest BCUT2D eigenvalue weighted by Crippen LogP contribution is 2.32. The molecule has 0 fully saturated rings. The van der Waals surface area contributed by atoms with Crippen molar-refractivity contribution < 1.29 is 4.42 Å². The number of furan rings is 1. The van der Waals surface area contributed by atoms with E-state index in [0.29, 0.717) is 38.5 Å². The van der Waals surface area contributed by atoms with Crippen molar-refractivity contribution in [2.75, 3.05) is 0 Å². The van der Waals surface area contributed by atoms with E-state index in [1.54, 1.807) is 48.9 Å². The van der Waals surface area contributed by atoms with E-state index < -0.39 is 11.1 Å². The molecule has 36 heavy (non-hydrogen) atoms. The molecule has 7 nitrogen and oxygen atoms in total. The highest BCUT2D eigenvalue weighted by molar-refractivity contribution is 6.15. The van der Waals surface area contributed by atoms with Crippen molar-refractivity contribution in [2.24, 2.45) is 0 Å². The van der Waals surface area contributed by atoms with Crippen LogP contribution >= 0.6 is 0 Å². The van der Waals surface area contributed by atoms with Crippen molar-refractivity contribution in [1.29, 1.82) is 0 Å². The highest BCUT2D eigenvalue weighted by Gasteiger charge is 2.17. The second-order valence-electron chi connectivity index (χ2n) is 8.46. The van der Waals surface area contributed by atoms with Gasteiger partial charge in [-0.3, -0.25) is 19.6 Å². The second kappa shape index (κ2) is 7.68. The lowest BCUT2D eigenvalue weighted by Crippen LogP contribution is -2.29. The fourth-order valence-corrected chi connectivity index (χ4v) is 4.71. The molecule has 0 bridgehead atoms. The molecular formula is C29H16N4O3. The van der Waals surface area contributed by atoms with Crippen molar-refractivity contribution >= 4 is 43.5 Å². The Bertz CT molecular complexity index is 2100. The Kier molecular flexibility index (Phi) is 4.31. The fourth-order valence-electron chi connectivity index (χ4n) is 4.71. The van der Waals surface area contributed by atoms with Crippen LogP contribution in [0.1, 0.15) is 0 Å². The van der Waals surface area contributed by atoms with Crippen LogP contribution in [0.5, 0.6) is 0 Å². The molecule has 0 saturated heterocycles. The number of nitrogens with zero attached hydrogens (tertiary/aromatic N) is 4. The summed E-state index contributed by atoms with van der Waals surface area (Å²) in [7, 11) is 0. The molecule has 170 valence electrons. The van der Waals surface area contributed by atoms with Gasteiger partial charge in [-0.15, -0.1) is 0 Å². The molecule has 0 saturated carbocycles. The van der Waals surface area contributed by atoms with Crippen molar-refractivity contribution in [2.45, 2.75) is 0 Å². The van der Waals surface area contributed by atoms with Gasteiger partial charge in [-0.25, -0.2) is 9.55 Å². The number of hydrogen-bond acceptors (Lipinski definition) is 6. The van der Waals surface area contributed by atoms with Crippen LogP contribution < -0.4 is 11.1 Å². The van der Waals surface area contributed by atoms with Gasteiger partial charge in [0.15, 0.2) is 0 Å². The van der Waals surface area contributed by atoms with Gasteiger partial charge in [0.2, 0.25) is 0 Å². The summed E-state index contributed by atoms with van der Waals surface area (Å²) >= 11 is 0. The zero-order valence-corrected chi connectivity index (χ0v) is 18.8. The quantitative estimate of drug-likeness (QED) is 0.344. The molecule has 0 aliphatic carbocycles. The molecule has 7 rings (SSSR count). The first-order valence-electron chi connectivity index (χ1n) is 11.4. The molecule has 5 aromatic heterocycles. The number of para-hydroxylation sites is 1. The first kappa shape index (κ1) is 20.2. The largest absolute Gasteiger partial charge is 0.456 e. The fraction of sp³-hybridized carbons (Fsp3) is 0. The van der Waals surface area contributed by atoms with Gasteiger partial charge in [0.05, 0.1) is 22.2 Å². The van der Waals surface area contributed by atoms with E-state index >= 15 is 0 Å². The lowest BCUT2D eigenvalue weighted by atomic mass is 10.1. The monoisotopic (exact) mass is 468 g/mol. The van der Waals surface area contributed by atoms with E-state index in [-0.39, 0.29) is 5.82 Å². The zero-order valence-electron chi connectivity index (χ0n) is 18.8. The average Bonchev–Trinajstić information content (AvgIpc) is 3.27. The van der Waals surface area contributed by atoms with Crippen LogP contribution in [0.2, 0.25) is 0 Å². The van der Waals surface area contributed by atoms with Crippen LogP contribution in [0, 0.1) is 0 Å². The summed E-state index contributed by atoms with van der Waals surface area (Å²) in [6.07, 6.45) is 4.84. The number of pyridine rings is 3. The molecule has 2 aromatic carbocycles. The lowest BCUT2D eigenvalue weighted by Gasteiger charge is -2.05. The maximum absolute atomic E-state index is 14.0. The van der Waals surface area contributed by atoms with Crippen LogP contribution in [-0.2, 0) is 0 Å². The van der Waals surface area contributed by atoms with Gasteiger partial charge < -0.3 is 4.42 Å². The number of benzene rings is 2. The minimum absolute atomic E-state index is 0.216. The SMILES string of the molecule is O=c1c2ccncc2c2cc3c(cc2c(=O)n1-c1cccc(-c2ccccn2)n1)oc1ccccc13. The molecule has 7 heteroatoms. The van der Waals surface area contributed by atoms with E-state index in [2.05, 4.69) is 15.0 Å². The Morgan fingerprint density at radius 1 is 0.611 bits per heavy atom. The van der Waals surface area contributed by atoms with E-state index in [4.69, 9.17) is 4.42 Å². The van der Waals surface area contributed by atoms with Gasteiger partial charge in [-0.05, 0) is 53.9 Å². The molecule has 7 aromatic rings. The van der Waals surface area contributed by atoms with Crippen molar-refractivity contribution in [3.63, 3.8) is 0 Å². The highest BCUT2D eigenvalue weighted by atomic mass is 16.3. The van der Waals surface area contributed by atoms with Crippen molar-refractivity contribution in [3.8, 4) is 17.2 Å². The molecule has 0 N–H and O–H groups in total. The number of aromatic nitrogens is 4. The Morgan fingerprint density at radius 3 is 2.33 bits per heavy atom. The van der Waals surface area contributed by atoms with Gasteiger partial charge in [-0.1, -0.05) is 30.3 Å². The Balaban J connectivity index is 1.64. The number of fused-ring (bicyclic) bond motifs is 6. The van der Waals surface area contributed by atoms with E-state index in [9.17, 15) is 9.59 Å². The number of rotatable bonds is 2. The molecule has 0 aliphatic rings. The van der Waals surface area contributed by atoms with Gasteiger partial charge >= 0.3 is 0 Å². The molecule has 0 unspecified atom stereocenters. The first-order chi connectivity index (χ1) is 17.7. The van der Waals surface area contributed by atoms with Crippen molar-refractivity contribution in [3.05, 3.63) is 118 Å². The van der Waals surface area contributed by atoms with Gasteiger partial charge in [0.25, 0.3) is 11.1 Å². The molecule has 5 heterocycles. The molecule has 0 atom stereocenters. The molecular weight excluding hydrogens is 452 g/mol. The topological polar surface area (TPSA) is 90.9 Å². The Hall–Kier alpha value is -5.17. The third-order valence-corrected chi connectivity index (χ3v) is 6.39. The predicted molar refractivity (Wildman–Crippen MR) is 139 cm³/mol. The Labute approximate surface area is 202 Å². The third-order valence-electron chi connectivity index (χ3n) is 6.39. The molecule has 0 radical (unpaired) electrons. The van der Waals surface area contributed by atoms with E-state index in [1.165, 1.54) is 0 Å². The van der Waals surface area contributed by atoms with Gasteiger partial charge in [-0.2, -0.15) is 0 Å². The van der Waals surface area contributed by atoms with Crippen LogP contribution in [0.4, 0.5) is 0 Å². The van der Waals surface area contributed by atoms with Crippen LogP contribution in [0.3, 0.4) is 0 Å². The zero-order chi connectivity index (χ0) is 24.2. The summed E-state index contributed by atoms with van der Waals surface area (Å²) in [5.41, 5.74) is 1.53. The van der Waals surface area contributed by atoms with Gasteiger partial charge in [0.1, 0.15) is 17.0 Å². The summed E-state index contributed by atoms with van der Waals surface area (Å²) in [5, 5.41) is 3.72. The summed E-state index contributed by atoms with van der Waals surface area (Å²) in [6, 6.07) is 23.6. The standard InChI is InChI=1S/C29H16N4O3/c34-28-18-11-13-30-16-22(18)19-14-20-17-6-1-2-9-25(17)36-26(20)15-21(19)29(35)33(28)27-10-5-8-24(32-27)23-7-3-4-12-31-23/h1-16H. The maximum atomic E-state index is 14.0. The Morgan fingerprint density at radius 2 is 1.44 bits per heavy atom. The average molecular weight is 468 g/mol. The van der Waals surface area contributed by atoms with Crippen LogP contribution in [0.15, 0.2) is 111 Å². The van der Waals surface area contributed by atoms with Crippen LogP contribution in [0.25, 0.3) is 60.7 Å². The predicted octanol–water partition coefficient (Wildman–Crippen LogP) is 5.26. The summed E-state index contributed by atoms with van der Waals surface area (Å²) < 4.78 is 7.16. The normalized spacial score (nSPS) is 11.6. The first-order valence-corrected chi connectivity index (χ1v) is 11.4. The smallest absolute Gasteiger partial charge is 0.267 e. The molecule has 0 aliphatic heterocycles. The molecule has 0 spiro atoms. The summed E-state index contributed by atoms with van der Waals surface area (Å²) in [6.45, 7) is 0. The molecule has 0 amide bonds.